The quantitative estimate of drug-likeness (QED) is 0.463. The van der Waals surface area contributed by atoms with Crippen LogP contribution in [0.4, 0.5) is 0 Å². The first-order valence-corrected chi connectivity index (χ1v) is 4.79. The van der Waals surface area contributed by atoms with Gasteiger partial charge in [0.25, 0.3) is 0 Å². The fourth-order valence-electron chi connectivity index (χ4n) is 1.82. The highest BCUT2D eigenvalue weighted by Crippen LogP contribution is 2.19. The molecule has 0 saturated carbocycles. The molecule has 4 nitrogen and oxygen atoms in total. The molecule has 0 bridgehead atoms. The summed E-state index contributed by atoms with van der Waals surface area (Å²) in [6.45, 7) is 3.99. The van der Waals surface area contributed by atoms with Gasteiger partial charge in [0.1, 0.15) is 0 Å². The van der Waals surface area contributed by atoms with Gasteiger partial charge in [-0.2, -0.15) is 0 Å². The molecule has 1 rings (SSSR count). The molecule has 0 spiro atoms. The van der Waals surface area contributed by atoms with E-state index in [2.05, 4.69) is 19.2 Å². The molecule has 0 aromatic heterocycles. The number of hydrogen-bond acceptors (Lipinski definition) is 4. The van der Waals surface area contributed by atoms with Crippen molar-refractivity contribution in [3.05, 3.63) is 0 Å². The second-order valence-electron chi connectivity index (χ2n) is 4.17. The van der Waals surface area contributed by atoms with Crippen LogP contribution in [0.5, 0.6) is 0 Å². The predicted molar refractivity (Wildman–Crippen MR) is 49.3 cm³/mol. The summed E-state index contributed by atoms with van der Waals surface area (Å²) < 4.78 is 0. The van der Waals surface area contributed by atoms with Crippen LogP contribution in [0.1, 0.15) is 20.3 Å². The Morgan fingerprint density at radius 2 is 1.69 bits per heavy atom. The lowest BCUT2D eigenvalue weighted by atomic mass is 9.99. The van der Waals surface area contributed by atoms with Crippen molar-refractivity contribution in [3.63, 3.8) is 0 Å². The monoisotopic (exact) mass is 189 g/mol. The van der Waals surface area contributed by atoms with E-state index in [9.17, 15) is 10.2 Å². The summed E-state index contributed by atoms with van der Waals surface area (Å²) in [4.78, 5) is 0. The van der Waals surface area contributed by atoms with E-state index in [-0.39, 0.29) is 18.7 Å². The zero-order valence-electron chi connectivity index (χ0n) is 8.14. The van der Waals surface area contributed by atoms with Gasteiger partial charge in [-0.1, -0.05) is 13.8 Å². The first-order valence-electron chi connectivity index (χ1n) is 4.79. The van der Waals surface area contributed by atoms with Gasteiger partial charge in [-0.15, -0.1) is 0 Å². The number of hydrogen-bond donors (Lipinski definition) is 4. The second-order valence-corrected chi connectivity index (χ2v) is 4.17. The first kappa shape index (κ1) is 10.9. The van der Waals surface area contributed by atoms with E-state index in [1.165, 1.54) is 0 Å². The van der Waals surface area contributed by atoms with Crippen LogP contribution < -0.4 is 5.32 Å². The van der Waals surface area contributed by atoms with Crippen molar-refractivity contribution in [1.29, 1.82) is 0 Å². The molecule has 1 heterocycles. The number of aliphatic hydroxyl groups excluding tert-OH is 3. The smallest absolute Gasteiger partial charge is 0.0989 e. The maximum absolute atomic E-state index is 9.58. The highest BCUT2D eigenvalue weighted by molar-refractivity contribution is 4.97. The molecule has 0 aromatic carbocycles. The summed E-state index contributed by atoms with van der Waals surface area (Å²) in [7, 11) is 0. The van der Waals surface area contributed by atoms with Gasteiger partial charge >= 0.3 is 0 Å². The van der Waals surface area contributed by atoms with Gasteiger partial charge < -0.3 is 20.6 Å². The molecular formula is C9H19NO3. The molecule has 78 valence electrons. The third kappa shape index (κ3) is 2.40. The van der Waals surface area contributed by atoms with Gasteiger partial charge in [0, 0.05) is 6.04 Å². The minimum Gasteiger partial charge on any atom is -0.395 e. The van der Waals surface area contributed by atoms with Crippen LogP contribution in [0.25, 0.3) is 0 Å². The van der Waals surface area contributed by atoms with E-state index < -0.39 is 12.2 Å². The van der Waals surface area contributed by atoms with Crippen molar-refractivity contribution in [3.8, 4) is 0 Å². The molecule has 0 unspecified atom stereocenters. The molecule has 13 heavy (non-hydrogen) atoms. The van der Waals surface area contributed by atoms with E-state index in [4.69, 9.17) is 5.11 Å². The fraction of sp³-hybridized carbons (Fsp3) is 1.00. The fourth-order valence-corrected chi connectivity index (χ4v) is 1.82. The Labute approximate surface area is 78.6 Å². The molecule has 0 aliphatic carbocycles. The van der Waals surface area contributed by atoms with E-state index in [1.807, 2.05) is 0 Å². The lowest BCUT2D eigenvalue weighted by Crippen LogP contribution is -2.36. The molecule has 1 fully saturated rings. The number of rotatable bonds is 3. The molecule has 4 heteroatoms. The third-order valence-electron chi connectivity index (χ3n) is 2.52. The van der Waals surface area contributed by atoms with Crippen LogP contribution in [0.15, 0.2) is 0 Å². The Hall–Kier alpha value is -0.160. The van der Waals surface area contributed by atoms with E-state index in [0.717, 1.165) is 6.42 Å². The highest BCUT2D eigenvalue weighted by Gasteiger charge is 2.40. The Kier molecular flexibility index (Phi) is 3.67. The first-order chi connectivity index (χ1) is 6.06. The molecule has 4 atom stereocenters. The van der Waals surface area contributed by atoms with Crippen LogP contribution in [0.3, 0.4) is 0 Å². The maximum Gasteiger partial charge on any atom is 0.0989 e. The largest absolute Gasteiger partial charge is 0.395 e. The molecule has 0 amide bonds. The average Bonchev–Trinajstić information content (AvgIpc) is 2.32. The molecule has 1 aliphatic rings. The van der Waals surface area contributed by atoms with Crippen molar-refractivity contribution in [2.24, 2.45) is 5.92 Å². The maximum atomic E-state index is 9.58. The van der Waals surface area contributed by atoms with Gasteiger partial charge in [0.05, 0.1) is 24.9 Å². The lowest BCUT2D eigenvalue weighted by Gasteiger charge is -2.17. The van der Waals surface area contributed by atoms with E-state index >= 15 is 0 Å². The summed E-state index contributed by atoms with van der Waals surface area (Å²) in [6, 6.07) is -0.467. The van der Waals surface area contributed by atoms with Gasteiger partial charge in [-0.3, -0.25) is 0 Å². The zero-order chi connectivity index (χ0) is 10.0. The van der Waals surface area contributed by atoms with Crippen LogP contribution in [0, 0.1) is 5.92 Å². The normalized spacial score (nSPS) is 40.2. The lowest BCUT2D eigenvalue weighted by molar-refractivity contribution is 0.0176. The van der Waals surface area contributed by atoms with Crippen molar-refractivity contribution < 1.29 is 15.3 Å². The van der Waals surface area contributed by atoms with Gasteiger partial charge in [0.2, 0.25) is 0 Å². The Balaban J connectivity index is 2.50. The molecule has 0 radical (unpaired) electrons. The van der Waals surface area contributed by atoms with E-state index in [1.54, 1.807) is 0 Å². The summed E-state index contributed by atoms with van der Waals surface area (Å²) >= 11 is 0. The minimum absolute atomic E-state index is 0.0906. The van der Waals surface area contributed by atoms with Crippen molar-refractivity contribution >= 4 is 0 Å². The summed E-state index contributed by atoms with van der Waals surface area (Å²) in [6.07, 6.45) is -0.775. The van der Waals surface area contributed by atoms with Gasteiger partial charge in [-0.25, -0.2) is 0 Å². The van der Waals surface area contributed by atoms with Crippen LogP contribution in [-0.2, 0) is 0 Å². The summed E-state index contributed by atoms with van der Waals surface area (Å²) in [5.74, 6) is 0.469. The molecule has 1 aliphatic heterocycles. The minimum atomic E-state index is -0.839. The Morgan fingerprint density at radius 1 is 1.15 bits per heavy atom. The number of aliphatic hydroxyl groups is 3. The Morgan fingerprint density at radius 3 is 2.08 bits per heavy atom. The molecule has 4 N–H and O–H groups in total. The average molecular weight is 189 g/mol. The third-order valence-corrected chi connectivity index (χ3v) is 2.52. The van der Waals surface area contributed by atoms with Crippen LogP contribution in [-0.4, -0.2) is 46.2 Å². The zero-order valence-corrected chi connectivity index (χ0v) is 8.14. The van der Waals surface area contributed by atoms with Gasteiger partial charge in [0.15, 0.2) is 0 Å². The van der Waals surface area contributed by atoms with Crippen molar-refractivity contribution in [1.82, 2.24) is 5.32 Å². The summed E-state index contributed by atoms with van der Waals surface area (Å²) in [5, 5.41) is 30.9. The van der Waals surface area contributed by atoms with Crippen LogP contribution >= 0.6 is 0 Å². The molecular weight excluding hydrogens is 170 g/mol. The standard InChI is InChI=1S/C9H19NO3/c1-5(2)3-6-8(12)9(13)7(4-11)10-6/h5-13H,3-4H2,1-2H3/t6-,7-,8-,9+/m1/s1. The van der Waals surface area contributed by atoms with Crippen LogP contribution in [0.2, 0.25) is 0 Å². The number of nitrogens with one attached hydrogen (secondary N) is 1. The van der Waals surface area contributed by atoms with Crippen molar-refractivity contribution in [2.45, 2.75) is 44.6 Å². The summed E-state index contributed by atoms with van der Waals surface area (Å²) in [5.41, 5.74) is 0. The Bertz CT molecular complexity index is 163. The second kappa shape index (κ2) is 4.37. The van der Waals surface area contributed by atoms with Gasteiger partial charge in [-0.05, 0) is 12.3 Å². The molecule has 0 aromatic rings. The van der Waals surface area contributed by atoms with Crippen molar-refractivity contribution in [2.75, 3.05) is 6.61 Å². The SMILES string of the molecule is CC(C)C[C@H]1N[C@H](CO)[C@H](O)[C@@H]1O. The molecule has 1 saturated heterocycles. The highest BCUT2D eigenvalue weighted by atomic mass is 16.3. The predicted octanol–water partition coefficient (Wildman–Crippen LogP) is -0.913. The van der Waals surface area contributed by atoms with E-state index in [0.29, 0.717) is 5.92 Å². The topological polar surface area (TPSA) is 72.7 Å².